The third-order valence-corrected chi connectivity index (χ3v) is 5.29. The molecule has 2 heterocycles. The second kappa shape index (κ2) is 10.8. The minimum absolute atomic E-state index is 0. The van der Waals surface area contributed by atoms with Gasteiger partial charge in [-0.05, 0) is 29.8 Å². The van der Waals surface area contributed by atoms with E-state index in [2.05, 4.69) is 10.2 Å². The third-order valence-electron chi connectivity index (χ3n) is 5.29. The first-order valence-electron chi connectivity index (χ1n) is 9.56. The smallest absolute Gasteiger partial charge is 0.416 e. The highest BCUT2D eigenvalue weighted by Gasteiger charge is 2.37. The number of ether oxygens (including phenoxy) is 2. The van der Waals surface area contributed by atoms with E-state index in [9.17, 15) is 17.6 Å². The van der Waals surface area contributed by atoms with Crippen molar-refractivity contribution in [1.82, 2.24) is 10.2 Å². The molecule has 10 heteroatoms. The molecule has 2 aromatic carbocycles. The zero-order chi connectivity index (χ0) is 20.4. The summed E-state index contributed by atoms with van der Waals surface area (Å²) in [7, 11) is 0. The van der Waals surface area contributed by atoms with E-state index >= 15 is 0 Å². The molecule has 0 saturated carbocycles. The Bertz CT molecular complexity index is 864. The van der Waals surface area contributed by atoms with E-state index in [1.807, 2.05) is 24.3 Å². The summed E-state index contributed by atoms with van der Waals surface area (Å²) >= 11 is 0. The molecule has 4 nitrogen and oxygen atoms in total. The molecule has 4 rings (SSSR count). The minimum Gasteiger partial charge on any atom is -0.490 e. The van der Waals surface area contributed by atoms with Crippen LogP contribution in [0.15, 0.2) is 42.5 Å². The standard InChI is InChI=1S/C21H22F4N2O2.2ClH/c22-16-10-14(9-15(11-16)21(23,24)25)12-28-19-13-29-18-4-2-1-3-17(18)20(19)27-7-5-26-6-8-27;;/h1-4,9-11,19-20,26H,5-8,12-13H2;2*1H/t19-,20-;;/m0../s1. The fraction of sp³-hybridized carbons (Fsp3) is 0.429. The Morgan fingerprint density at radius 3 is 2.48 bits per heavy atom. The maximum atomic E-state index is 13.7. The van der Waals surface area contributed by atoms with Crippen LogP contribution < -0.4 is 10.1 Å². The van der Waals surface area contributed by atoms with Crippen LogP contribution in [0.5, 0.6) is 5.75 Å². The van der Waals surface area contributed by atoms with Gasteiger partial charge in [-0.25, -0.2) is 4.39 Å². The van der Waals surface area contributed by atoms with Gasteiger partial charge in [-0.15, -0.1) is 24.8 Å². The fourth-order valence-corrected chi connectivity index (χ4v) is 3.95. The lowest BCUT2D eigenvalue weighted by atomic mass is 9.95. The maximum Gasteiger partial charge on any atom is 0.416 e. The van der Waals surface area contributed by atoms with Crippen molar-refractivity contribution < 1.29 is 27.0 Å². The van der Waals surface area contributed by atoms with Crippen LogP contribution in [0.25, 0.3) is 0 Å². The van der Waals surface area contributed by atoms with Crippen LogP contribution in [-0.4, -0.2) is 43.8 Å². The number of nitrogens with one attached hydrogen (secondary N) is 1. The van der Waals surface area contributed by atoms with Gasteiger partial charge in [-0.2, -0.15) is 13.2 Å². The summed E-state index contributed by atoms with van der Waals surface area (Å²) in [5, 5.41) is 3.32. The number of alkyl halides is 3. The molecule has 31 heavy (non-hydrogen) atoms. The van der Waals surface area contributed by atoms with Crippen LogP contribution in [0.1, 0.15) is 22.7 Å². The van der Waals surface area contributed by atoms with Crippen molar-refractivity contribution in [1.29, 1.82) is 0 Å². The normalized spacial score (nSPS) is 21.3. The van der Waals surface area contributed by atoms with Gasteiger partial charge in [-0.3, -0.25) is 4.90 Å². The highest BCUT2D eigenvalue weighted by Crippen LogP contribution is 2.38. The van der Waals surface area contributed by atoms with Crippen molar-refractivity contribution in [3.05, 3.63) is 65.0 Å². The number of para-hydroxylation sites is 1. The van der Waals surface area contributed by atoms with Gasteiger partial charge in [0.05, 0.1) is 18.2 Å². The number of halogens is 6. The minimum atomic E-state index is -4.60. The Hall–Kier alpha value is -1.58. The topological polar surface area (TPSA) is 33.7 Å². The molecule has 0 unspecified atom stereocenters. The van der Waals surface area contributed by atoms with E-state index in [0.717, 1.165) is 49.6 Å². The molecule has 172 valence electrons. The van der Waals surface area contributed by atoms with Gasteiger partial charge in [0.15, 0.2) is 0 Å². The van der Waals surface area contributed by atoms with E-state index in [-0.39, 0.29) is 55.7 Å². The van der Waals surface area contributed by atoms with Crippen LogP contribution in [0.3, 0.4) is 0 Å². The molecule has 2 aromatic rings. The molecule has 0 aromatic heterocycles. The maximum absolute atomic E-state index is 13.7. The van der Waals surface area contributed by atoms with Crippen molar-refractivity contribution in [2.75, 3.05) is 32.8 Å². The first-order chi connectivity index (χ1) is 13.9. The first-order valence-corrected chi connectivity index (χ1v) is 9.56. The first kappa shape index (κ1) is 25.7. The van der Waals surface area contributed by atoms with Crippen LogP contribution in [0.2, 0.25) is 0 Å². The van der Waals surface area contributed by atoms with Crippen molar-refractivity contribution >= 4 is 24.8 Å². The Kier molecular flexibility index (Phi) is 8.97. The van der Waals surface area contributed by atoms with E-state index < -0.39 is 17.6 Å². The van der Waals surface area contributed by atoms with Crippen molar-refractivity contribution in [2.24, 2.45) is 0 Å². The second-order valence-electron chi connectivity index (χ2n) is 7.28. The lowest BCUT2D eigenvalue weighted by Crippen LogP contribution is -2.51. The SMILES string of the molecule is Cl.Cl.Fc1cc(CO[C@H]2COc3ccccc3[C@@H]2N2CCNCC2)cc(C(F)(F)F)c1. The predicted octanol–water partition coefficient (Wildman–Crippen LogP) is 4.61. The molecule has 1 fully saturated rings. The molecule has 0 bridgehead atoms. The van der Waals surface area contributed by atoms with Gasteiger partial charge in [0.25, 0.3) is 0 Å². The Morgan fingerprint density at radius 1 is 1.06 bits per heavy atom. The number of hydrogen-bond donors (Lipinski definition) is 1. The van der Waals surface area contributed by atoms with Crippen molar-refractivity contribution in [3.8, 4) is 5.75 Å². The van der Waals surface area contributed by atoms with Crippen molar-refractivity contribution in [3.63, 3.8) is 0 Å². The molecular weight excluding hydrogens is 459 g/mol. The number of hydrogen-bond acceptors (Lipinski definition) is 4. The van der Waals surface area contributed by atoms with Crippen LogP contribution in [-0.2, 0) is 17.5 Å². The molecule has 2 atom stereocenters. The van der Waals surface area contributed by atoms with E-state index in [4.69, 9.17) is 9.47 Å². The van der Waals surface area contributed by atoms with Gasteiger partial charge < -0.3 is 14.8 Å². The lowest BCUT2D eigenvalue weighted by molar-refractivity contribution is -0.137. The van der Waals surface area contributed by atoms with E-state index in [0.29, 0.717) is 6.07 Å². The largest absolute Gasteiger partial charge is 0.490 e. The van der Waals surface area contributed by atoms with Gasteiger partial charge in [0.1, 0.15) is 24.3 Å². The monoisotopic (exact) mass is 482 g/mol. The fourth-order valence-electron chi connectivity index (χ4n) is 3.95. The van der Waals surface area contributed by atoms with Gasteiger partial charge >= 0.3 is 6.18 Å². The van der Waals surface area contributed by atoms with Crippen LogP contribution >= 0.6 is 24.8 Å². The number of benzene rings is 2. The molecule has 0 aliphatic carbocycles. The number of nitrogens with zero attached hydrogens (tertiary/aromatic N) is 1. The molecule has 1 saturated heterocycles. The number of fused-ring (bicyclic) bond motifs is 1. The molecular formula is C21H24Cl2F4N2O2. The molecule has 0 spiro atoms. The molecule has 2 aliphatic heterocycles. The summed E-state index contributed by atoms with van der Waals surface area (Å²) < 4.78 is 64.4. The summed E-state index contributed by atoms with van der Waals surface area (Å²) in [5.74, 6) is -0.136. The molecule has 0 radical (unpaired) electrons. The number of piperazine rings is 1. The number of rotatable bonds is 4. The molecule has 0 amide bonds. The van der Waals surface area contributed by atoms with Crippen LogP contribution in [0.4, 0.5) is 17.6 Å². The summed E-state index contributed by atoms with van der Waals surface area (Å²) in [5.41, 5.74) is 0.135. The lowest BCUT2D eigenvalue weighted by Gasteiger charge is -2.42. The van der Waals surface area contributed by atoms with Gasteiger partial charge in [-0.1, -0.05) is 18.2 Å². The van der Waals surface area contributed by atoms with E-state index in [1.165, 1.54) is 0 Å². The molecule has 1 N–H and O–H groups in total. The van der Waals surface area contributed by atoms with Gasteiger partial charge in [0, 0.05) is 31.7 Å². The van der Waals surface area contributed by atoms with Gasteiger partial charge in [0.2, 0.25) is 0 Å². The summed E-state index contributed by atoms with van der Waals surface area (Å²) in [6.45, 7) is 3.52. The Balaban J connectivity index is 0.00000171. The predicted molar refractivity (Wildman–Crippen MR) is 114 cm³/mol. The summed E-state index contributed by atoms with van der Waals surface area (Å²) in [6, 6.07) is 10.2. The van der Waals surface area contributed by atoms with Crippen molar-refractivity contribution in [2.45, 2.75) is 24.9 Å². The zero-order valence-corrected chi connectivity index (χ0v) is 18.2. The highest BCUT2D eigenvalue weighted by atomic mass is 35.5. The Morgan fingerprint density at radius 2 is 1.77 bits per heavy atom. The second-order valence-corrected chi connectivity index (χ2v) is 7.28. The van der Waals surface area contributed by atoms with Crippen LogP contribution in [0, 0.1) is 5.82 Å². The third kappa shape index (κ3) is 6.02. The summed E-state index contributed by atoms with van der Waals surface area (Å²) in [4.78, 5) is 2.30. The average molecular weight is 483 g/mol. The summed E-state index contributed by atoms with van der Waals surface area (Å²) in [6.07, 6.45) is -4.98. The average Bonchev–Trinajstić information content (AvgIpc) is 2.71. The highest BCUT2D eigenvalue weighted by molar-refractivity contribution is 5.85. The van der Waals surface area contributed by atoms with E-state index in [1.54, 1.807) is 0 Å². The zero-order valence-electron chi connectivity index (χ0n) is 16.5. The Labute approximate surface area is 190 Å². The quantitative estimate of drug-likeness (QED) is 0.645. The molecule has 2 aliphatic rings.